The summed E-state index contributed by atoms with van der Waals surface area (Å²) in [7, 11) is 3.78. The average molecular weight is 206 g/mol. The topological polar surface area (TPSA) is 32.3 Å². The van der Waals surface area contributed by atoms with Crippen molar-refractivity contribution >= 4 is 11.6 Å². The van der Waals surface area contributed by atoms with Crippen molar-refractivity contribution in [3.63, 3.8) is 0 Å². The molecule has 0 saturated carbocycles. The van der Waals surface area contributed by atoms with Gasteiger partial charge in [0.15, 0.2) is 0 Å². The van der Waals surface area contributed by atoms with Crippen LogP contribution in [-0.4, -0.2) is 30.9 Å². The van der Waals surface area contributed by atoms with Crippen molar-refractivity contribution in [3.05, 3.63) is 29.8 Å². The number of rotatable bonds is 3. The third-order valence-electron chi connectivity index (χ3n) is 2.56. The molecule has 0 spiro atoms. The normalized spacial score (nSPS) is 12.6. The zero-order chi connectivity index (χ0) is 11.4. The number of anilines is 1. The molecule has 0 aliphatic carbocycles. The van der Waals surface area contributed by atoms with E-state index in [9.17, 15) is 4.79 Å². The van der Waals surface area contributed by atoms with E-state index in [0.29, 0.717) is 0 Å². The highest BCUT2D eigenvalue weighted by Crippen LogP contribution is 2.13. The quantitative estimate of drug-likeness (QED) is 0.819. The van der Waals surface area contributed by atoms with E-state index in [1.165, 1.54) is 0 Å². The highest BCUT2D eigenvalue weighted by molar-refractivity contribution is 5.95. The summed E-state index contributed by atoms with van der Waals surface area (Å²) >= 11 is 0. The second kappa shape index (κ2) is 4.94. The molecule has 1 rings (SSSR count). The molecule has 1 N–H and O–H groups in total. The number of carbonyl (C=O) groups excluding carboxylic acids is 1. The molecule has 3 nitrogen and oxygen atoms in total. The Labute approximate surface area is 91.1 Å². The van der Waals surface area contributed by atoms with Crippen LogP contribution in [0.3, 0.4) is 0 Å². The second-order valence-electron chi connectivity index (χ2n) is 3.94. The summed E-state index contributed by atoms with van der Waals surface area (Å²) in [6.07, 6.45) is 0. The van der Waals surface area contributed by atoms with Gasteiger partial charge in [0.2, 0.25) is 5.91 Å². The predicted molar refractivity (Wildman–Crippen MR) is 63.0 cm³/mol. The van der Waals surface area contributed by atoms with Crippen LogP contribution >= 0.6 is 0 Å². The van der Waals surface area contributed by atoms with E-state index in [4.69, 9.17) is 0 Å². The Morgan fingerprint density at radius 1 is 1.33 bits per heavy atom. The van der Waals surface area contributed by atoms with E-state index >= 15 is 0 Å². The highest BCUT2D eigenvalue weighted by atomic mass is 16.2. The van der Waals surface area contributed by atoms with Crippen LogP contribution < -0.4 is 5.32 Å². The summed E-state index contributed by atoms with van der Waals surface area (Å²) in [6.45, 7) is 3.86. The first-order valence-corrected chi connectivity index (χ1v) is 5.05. The van der Waals surface area contributed by atoms with Gasteiger partial charge in [-0.3, -0.25) is 9.69 Å². The lowest BCUT2D eigenvalue weighted by atomic mass is 10.2. The van der Waals surface area contributed by atoms with Crippen molar-refractivity contribution in [1.29, 1.82) is 0 Å². The molecular weight excluding hydrogens is 188 g/mol. The lowest BCUT2D eigenvalue weighted by molar-refractivity contribution is -0.119. The molecule has 1 amide bonds. The molecule has 1 aromatic rings. The van der Waals surface area contributed by atoms with Crippen LogP contribution in [0.2, 0.25) is 0 Å². The first-order valence-electron chi connectivity index (χ1n) is 5.05. The van der Waals surface area contributed by atoms with Crippen molar-refractivity contribution in [3.8, 4) is 0 Å². The summed E-state index contributed by atoms with van der Waals surface area (Å²) in [5.74, 6) is 0.0225. The number of nitrogens with zero attached hydrogens (tertiary/aromatic N) is 1. The molecule has 1 atom stereocenters. The maximum absolute atomic E-state index is 11.8. The zero-order valence-electron chi connectivity index (χ0n) is 9.74. The minimum atomic E-state index is -0.121. The Bertz CT molecular complexity index is 347. The zero-order valence-corrected chi connectivity index (χ0v) is 9.74. The molecule has 1 unspecified atom stereocenters. The van der Waals surface area contributed by atoms with Gasteiger partial charge in [0, 0.05) is 5.69 Å². The van der Waals surface area contributed by atoms with E-state index in [1.807, 2.05) is 57.1 Å². The minimum Gasteiger partial charge on any atom is -0.324 e. The van der Waals surface area contributed by atoms with Gasteiger partial charge in [-0.15, -0.1) is 0 Å². The maximum atomic E-state index is 11.8. The summed E-state index contributed by atoms with van der Waals surface area (Å²) in [6, 6.07) is 7.65. The largest absolute Gasteiger partial charge is 0.324 e. The molecule has 0 aliphatic rings. The Hall–Kier alpha value is -1.35. The van der Waals surface area contributed by atoms with E-state index in [-0.39, 0.29) is 11.9 Å². The SMILES string of the molecule is Cc1ccccc1NC(=O)C(C)N(C)C. The van der Waals surface area contributed by atoms with Crippen molar-refractivity contribution in [2.45, 2.75) is 19.9 Å². The number of aryl methyl sites for hydroxylation is 1. The van der Waals surface area contributed by atoms with Gasteiger partial charge < -0.3 is 5.32 Å². The van der Waals surface area contributed by atoms with Gasteiger partial charge in [-0.25, -0.2) is 0 Å². The third-order valence-corrected chi connectivity index (χ3v) is 2.56. The number of likely N-dealkylation sites (N-methyl/N-ethyl adjacent to an activating group) is 1. The van der Waals surface area contributed by atoms with Crippen molar-refractivity contribution in [2.75, 3.05) is 19.4 Å². The van der Waals surface area contributed by atoms with E-state index in [0.717, 1.165) is 11.3 Å². The van der Waals surface area contributed by atoms with Crippen molar-refractivity contribution < 1.29 is 4.79 Å². The molecule has 0 heterocycles. The number of benzene rings is 1. The summed E-state index contributed by atoms with van der Waals surface area (Å²) in [5.41, 5.74) is 1.97. The molecule has 0 bridgehead atoms. The van der Waals surface area contributed by atoms with Crippen LogP contribution in [0.4, 0.5) is 5.69 Å². The lowest BCUT2D eigenvalue weighted by Gasteiger charge is -2.19. The molecule has 0 radical (unpaired) electrons. The number of amides is 1. The van der Waals surface area contributed by atoms with Gasteiger partial charge >= 0.3 is 0 Å². The highest BCUT2D eigenvalue weighted by Gasteiger charge is 2.15. The van der Waals surface area contributed by atoms with Crippen molar-refractivity contribution in [1.82, 2.24) is 4.90 Å². The van der Waals surface area contributed by atoms with Crippen LogP contribution in [0.5, 0.6) is 0 Å². The van der Waals surface area contributed by atoms with Crippen LogP contribution in [0.25, 0.3) is 0 Å². The van der Waals surface area contributed by atoms with E-state index in [1.54, 1.807) is 0 Å². The molecule has 3 heteroatoms. The fraction of sp³-hybridized carbons (Fsp3) is 0.417. The van der Waals surface area contributed by atoms with Crippen LogP contribution in [0.1, 0.15) is 12.5 Å². The fourth-order valence-corrected chi connectivity index (χ4v) is 1.18. The Morgan fingerprint density at radius 2 is 1.93 bits per heavy atom. The van der Waals surface area contributed by atoms with Gasteiger partial charge in [0.1, 0.15) is 0 Å². The van der Waals surface area contributed by atoms with Crippen LogP contribution in [0.15, 0.2) is 24.3 Å². The number of hydrogen-bond donors (Lipinski definition) is 1. The van der Waals surface area contributed by atoms with Gasteiger partial charge in [-0.05, 0) is 39.6 Å². The molecule has 0 fully saturated rings. The van der Waals surface area contributed by atoms with Crippen LogP contribution in [-0.2, 0) is 4.79 Å². The summed E-state index contributed by atoms with van der Waals surface area (Å²) < 4.78 is 0. The predicted octanol–water partition coefficient (Wildman–Crippen LogP) is 1.88. The number of carbonyl (C=O) groups is 1. The molecule has 82 valence electrons. The van der Waals surface area contributed by atoms with Crippen molar-refractivity contribution in [2.24, 2.45) is 0 Å². The molecule has 0 aromatic heterocycles. The molecular formula is C12H18N2O. The second-order valence-corrected chi connectivity index (χ2v) is 3.94. The number of nitrogens with one attached hydrogen (secondary N) is 1. The maximum Gasteiger partial charge on any atom is 0.241 e. The average Bonchev–Trinajstić information content (AvgIpc) is 2.20. The van der Waals surface area contributed by atoms with Crippen LogP contribution in [0, 0.1) is 6.92 Å². The Kier molecular flexibility index (Phi) is 3.86. The summed E-state index contributed by atoms with van der Waals surface area (Å²) in [5, 5.41) is 2.91. The Morgan fingerprint density at radius 3 is 2.47 bits per heavy atom. The van der Waals surface area contributed by atoms with Gasteiger partial charge in [0.05, 0.1) is 6.04 Å². The molecule has 0 aliphatic heterocycles. The van der Waals surface area contributed by atoms with E-state index < -0.39 is 0 Å². The minimum absolute atomic E-state index is 0.0225. The lowest BCUT2D eigenvalue weighted by Crippen LogP contribution is -2.37. The fourth-order valence-electron chi connectivity index (χ4n) is 1.18. The first kappa shape index (κ1) is 11.7. The number of para-hydroxylation sites is 1. The smallest absolute Gasteiger partial charge is 0.241 e. The monoisotopic (exact) mass is 206 g/mol. The Balaban J connectivity index is 2.71. The third kappa shape index (κ3) is 3.06. The van der Waals surface area contributed by atoms with Gasteiger partial charge in [-0.2, -0.15) is 0 Å². The molecule has 1 aromatic carbocycles. The molecule has 15 heavy (non-hydrogen) atoms. The first-order chi connectivity index (χ1) is 7.02. The standard InChI is InChI=1S/C12H18N2O/c1-9-7-5-6-8-11(9)13-12(15)10(2)14(3)4/h5-8,10H,1-4H3,(H,13,15). The van der Waals surface area contributed by atoms with Gasteiger partial charge in [0.25, 0.3) is 0 Å². The van der Waals surface area contributed by atoms with Gasteiger partial charge in [-0.1, -0.05) is 18.2 Å². The molecule has 0 saturated heterocycles. The summed E-state index contributed by atoms with van der Waals surface area (Å²) in [4.78, 5) is 13.6. The number of hydrogen-bond acceptors (Lipinski definition) is 2. The van der Waals surface area contributed by atoms with E-state index in [2.05, 4.69) is 5.32 Å².